The lowest BCUT2D eigenvalue weighted by molar-refractivity contribution is 0.0273. The van der Waals surface area contributed by atoms with Gasteiger partial charge in [-0.05, 0) is 6.42 Å². The first-order valence-corrected chi connectivity index (χ1v) is 4.93. The average Bonchev–Trinajstić information content (AvgIpc) is 2.19. The fraction of sp³-hybridized carbons (Fsp3) is 0.875. The SMILES string of the molecule is O=C(OCCCCl)N1CCOCC1. The Hall–Kier alpha value is -0.480. The summed E-state index contributed by atoms with van der Waals surface area (Å²) < 4.78 is 10.1. The van der Waals surface area contributed by atoms with Gasteiger partial charge in [-0.2, -0.15) is 0 Å². The van der Waals surface area contributed by atoms with Crippen molar-refractivity contribution >= 4 is 17.7 Å². The van der Waals surface area contributed by atoms with Crippen molar-refractivity contribution in [2.45, 2.75) is 6.42 Å². The van der Waals surface area contributed by atoms with Gasteiger partial charge in [0.05, 0.1) is 19.8 Å². The van der Waals surface area contributed by atoms with E-state index in [4.69, 9.17) is 21.1 Å². The maximum atomic E-state index is 11.3. The fourth-order valence-electron chi connectivity index (χ4n) is 1.05. The minimum absolute atomic E-state index is 0.256. The highest BCUT2D eigenvalue weighted by Crippen LogP contribution is 2.00. The molecule has 0 aliphatic carbocycles. The molecule has 1 amide bonds. The molecule has 4 nitrogen and oxygen atoms in total. The standard InChI is InChI=1S/C8H14ClNO3/c9-2-1-5-13-8(11)10-3-6-12-7-4-10/h1-7H2. The van der Waals surface area contributed by atoms with Crippen LogP contribution in [0.15, 0.2) is 0 Å². The third kappa shape index (κ3) is 3.83. The smallest absolute Gasteiger partial charge is 0.409 e. The topological polar surface area (TPSA) is 38.8 Å². The Kier molecular flexibility index (Phi) is 4.93. The number of rotatable bonds is 3. The van der Waals surface area contributed by atoms with Gasteiger partial charge in [0.25, 0.3) is 0 Å². The fourth-order valence-corrected chi connectivity index (χ4v) is 1.16. The van der Waals surface area contributed by atoms with E-state index in [2.05, 4.69) is 0 Å². The molecule has 0 aromatic rings. The van der Waals surface area contributed by atoms with Crippen molar-refractivity contribution in [3.8, 4) is 0 Å². The second-order valence-electron chi connectivity index (χ2n) is 2.76. The Morgan fingerprint density at radius 2 is 2.15 bits per heavy atom. The molecule has 0 spiro atoms. The summed E-state index contributed by atoms with van der Waals surface area (Å²) in [5.74, 6) is 0.524. The molecule has 1 rings (SSSR count). The molecular formula is C8H14ClNO3. The number of carbonyl (C=O) groups is 1. The van der Waals surface area contributed by atoms with Gasteiger partial charge in [0, 0.05) is 19.0 Å². The summed E-state index contributed by atoms with van der Waals surface area (Å²) in [6.07, 6.45) is 0.450. The van der Waals surface area contributed by atoms with Gasteiger partial charge in [0.1, 0.15) is 0 Å². The van der Waals surface area contributed by atoms with Crippen LogP contribution in [0.5, 0.6) is 0 Å². The molecule has 0 N–H and O–H groups in total. The van der Waals surface area contributed by atoms with Crippen LogP contribution in [0.2, 0.25) is 0 Å². The number of morpholine rings is 1. The molecular weight excluding hydrogens is 194 g/mol. The summed E-state index contributed by atoms with van der Waals surface area (Å²) in [5.41, 5.74) is 0. The van der Waals surface area contributed by atoms with Crippen LogP contribution in [0, 0.1) is 0 Å². The molecule has 1 aliphatic heterocycles. The van der Waals surface area contributed by atoms with Gasteiger partial charge in [0.15, 0.2) is 0 Å². The Labute approximate surface area is 82.7 Å². The molecule has 0 unspecified atom stereocenters. The highest BCUT2D eigenvalue weighted by molar-refractivity contribution is 6.17. The monoisotopic (exact) mass is 207 g/mol. The van der Waals surface area contributed by atoms with Gasteiger partial charge >= 0.3 is 6.09 Å². The van der Waals surface area contributed by atoms with E-state index in [1.54, 1.807) is 4.90 Å². The molecule has 0 aromatic heterocycles. The molecule has 0 bridgehead atoms. The molecule has 1 saturated heterocycles. The molecule has 1 fully saturated rings. The molecule has 1 heterocycles. The van der Waals surface area contributed by atoms with Gasteiger partial charge < -0.3 is 14.4 Å². The summed E-state index contributed by atoms with van der Waals surface area (Å²) in [6, 6.07) is 0. The van der Waals surface area contributed by atoms with Crippen LogP contribution in [-0.4, -0.2) is 49.8 Å². The lowest BCUT2D eigenvalue weighted by Crippen LogP contribution is -2.41. The van der Waals surface area contributed by atoms with Crippen molar-refractivity contribution in [2.24, 2.45) is 0 Å². The Morgan fingerprint density at radius 1 is 1.46 bits per heavy atom. The largest absolute Gasteiger partial charge is 0.449 e. The zero-order valence-electron chi connectivity index (χ0n) is 7.50. The van der Waals surface area contributed by atoms with Crippen molar-refractivity contribution in [1.29, 1.82) is 0 Å². The summed E-state index contributed by atoms with van der Waals surface area (Å²) in [4.78, 5) is 12.9. The van der Waals surface area contributed by atoms with Crippen molar-refractivity contribution in [2.75, 3.05) is 38.8 Å². The second-order valence-corrected chi connectivity index (χ2v) is 3.13. The van der Waals surface area contributed by atoms with E-state index in [9.17, 15) is 4.79 Å². The van der Waals surface area contributed by atoms with Gasteiger partial charge in [-0.25, -0.2) is 4.79 Å². The van der Waals surface area contributed by atoms with Crippen LogP contribution in [0.4, 0.5) is 4.79 Å². The van der Waals surface area contributed by atoms with Gasteiger partial charge in [0.2, 0.25) is 0 Å². The zero-order valence-corrected chi connectivity index (χ0v) is 8.26. The Bertz CT molecular complexity index is 159. The van der Waals surface area contributed by atoms with E-state index in [1.807, 2.05) is 0 Å². The third-order valence-corrected chi connectivity index (χ3v) is 2.04. The number of halogens is 1. The van der Waals surface area contributed by atoms with Crippen LogP contribution < -0.4 is 0 Å². The minimum atomic E-state index is -0.256. The van der Waals surface area contributed by atoms with E-state index in [-0.39, 0.29) is 6.09 Å². The highest BCUT2D eigenvalue weighted by Gasteiger charge is 2.17. The maximum absolute atomic E-state index is 11.3. The van der Waals surface area contributed by atoms with Crippen molar-refractivity contribution < 1.29 is 14.3 Å². The molecule has 1 aliphatic rings. The first-order chi connectivity index (χ1) is 6.34. The van der Waals surface area contributed by atoms with Crippen molar-refractivity contribution in [1.82, 2.24) is 4.90 Å². The number of alkyl halides is 1. The number of nitrogens with zero attached hydrogens (tertiary/aromatic N) is 1. The lowest BCUT2D eigenvalue weighted by atomic mass is 10.4. The quantitative estimate of drug-likeness (QED) is 0.514. The number of hydrogen-bond acceptors (Lipinski definition) is 3. The molecule has 0 saturated carbocycles. The van der Waals surface area contributed by atoms with Crippen LogP contribution in [0.1, 0.15) is 6.42 Å². The van der Waals surface area contributed by atoms with Crippen molar-refractivity contribution in [3.05, 3.63) is 0 Å². The van der Waals surface area contributed by atoms with Crippen LogP contribution in [0.3, 0.4) is 0 Å². The highest BCUT2D eigenvalue weighted by atomic mass is 35.5. The van der Waals surface area contributed by atoms with E-state index < -0.39 is 0 Å². The normalized spacial score (nSPS) is 17.2. The van der Waals surface area contributed by atoms with E-state index in [0.29, 0.717) is 45.2 Å². The summed E-state index contributed by atoms with van der Waals surface area (Å²) >= 11 is 5.45. The van der Waals surface area contributed by atoms with E-state index in [0.717, 1.165) is 0 Å². The van der Waals surface area contributed by atoms with E-state index in [1.165, 1.54) is 0 Å². The summed E-state index contributed by atoms with van der Waals surface area (Å²) in [5, 5.41) is 0. The van der Waals surface area contributed by atoms with Crippen molar-refractivity contribution in [3.63, 3.8) is 0 Å². The minimum Gasteiger partial charge on any atom is -0.449 e. The Balaban J connectivity index is 2.13. The zero-order chi connectivity index (χ0) is 9.52. The van der Waals surface area contributed by atoms with Gasteiger partial charge in [-0.3, -0.25) is 0 Å². The first kappa shape index (κ1) is 10.6. The summed E-state index contributed by atoms with van der Waals surface area (Å²) in [7, 11) is 0. The van der Waals surface area contributed by atoms with E-state index >= 15 is 0 Å². The third-order valence-electron chi connectivity index (χ3n) is 1.77. The molecule has 0 aromatic carbocycles. The Morgan fingerprint density at radius 3 is 2.77 bits per heavy atom. The van der Waals surface area contributed by atoms with Gasteiger partial charge in [-0.1, -0.05) is 0 Å². The molecule has 13 heavy (non-hydrogen) atoms. The van der Waals surface area contributed by atoms with Crippen LogP contribution in [0.25, 0.3) is 0 Å². The maximum Gasteiger partial charge on any atom is 0.409 e. The predicted octanol–water partition coefficient (Wildman–Crippen LogP) is 1.08. The number of amides is 1. The van der Waals surface area contributed by atoms with Crippen LogP contribution in [-0.2, 0) is 9.47 Å². The number of carbonyl (C=O) groups excluding carboxylic acids is 1. The number of ether oxygens (including phenoxy) is 2. The summed E-state index contributed by atoms with van der Waals surface area (Å²) in [6.45, 7) is 2.86. The second kappa shape index (κ2) is 6.05. The lowest BCUT2D eigenvalue weighted by Gasteiger charge is -2.25. The predicted molar refractivity (Wildman–Crippen MR) is 49.1 cm³/mol. The number of hydrogen-bond donors (Lipinski definition) is 0. The molecule has 0 radical (unpaired) electrons. The van der Waals surface area contributed by atoms with Gasteiger partial charge in [-0.15, -0.1) is 11.6 Å². The molecule has 5 heteroatoms. The molecule has 0 atom stereocenters. The first-order valence-electron chi connectivity index (χ1n) is 4.40. The van der Waals surface area contributed by atoms with Crippen LogP contribution >= 0.6 is 11.6 Å². The average molecular weight is 208 g/mol. The molecule has 76 valence electrons.